The first-order valence-electron chi connectivity index (χ1n) is 8.30. The van der Waals surface area contributed by atoms with Crippen molar-refractivity contribution in [1.29, 1.82) is 0 Å². The number of hydrogen-bond acceptors (Lipinski definition) is 6. The van der Waals surface area contributed by atoms with Gasteiger partial charge in [-0.1, -0.05) is 11.3 Å². The van der Waals surface area contributed by atoms with Gasteiger partial charge >= 0.3 is 0 Å². The lowest BCUT2D eigenvalue weighted by Gasteiger charge is -2.03. The lowest BCUT2D eigenvalue weighted by molar-refractivity contribution is -0.116. The Hall–Kier alpha value is -2.87. The fourth-order valence-electron chi connectivity index (χ4n) is 2.34. The molecule has 26 heavy (non-hydrogen) atoms. The molecule has 0 spiro atoms. The molecule has 3 rings (SSSR count). The highest BCUT2D eigenvalue weighted by Gasteiger charge is 2.10. The van der Waals surface area contributed by atoms with Crippen molar-refractivity contribution in [1.82, 2.24) is 10.3 Å². The third kappa shape index (κ3) is 4.60. The number of ether oxygens (including phenoxy) is 1. The van der Waals surface area contributed by atoms with Crippen molar-refractivity contribution in [3.05, 3.63) is 42.4 Å². The molecule has 0 aliphatic rings. The molecule has 2 heterocycles. The number of rotatable bonds is 8. The van der Waals surface area contributed by atoms with Crippen molar-refractivity contribution in [2.24, 2.45) is 0 Å². The molecule has 136 valence electrons. The van der Waals surface area contributed by atoms with Crippen LogP contribution in [0.2, 0.25) is 0 Å². The molecule has 0 saturated carbocycles. The average molecular weight is 373 g/mol. The molecular weight excluding hydrogens is 354 g/mol. The van der Waals surface area contributed by atoms with Crippen LogP contribution < -0.4 is 15.4 Å². The fourth-order valence-corrected chi connectivity index (χ4v) is 3.25. The van der Waals surface area contributed by atoms with Gasteiger partial charge in [0, 0.05) is 13.0 Å². The largest absolute Gasteiger partial charge is 0.494 e. The van der Waals surface area contributed by atoms with Gasteiger partial charge in [0.2, 0.25) is 5.91 Å². The van der Waals surface area contributed by atoms with Gasteiger partial charge in [-0.05, 0) is 43.7 Å². The zero-order valence-corrected chi connectivity index (χ0v) is 15.1. The van der Waals surface area contributed by atoms with E-state index >= 15 is 0 Å². The number of carbonyl (C=O) groups is 2. The third-order valence-corrected chi connectivity index (χ3v) is 4.46. The maximum atomic E-state index is 12.0. The van der Waals surface area contributed by atoms with Crippen molar-refractivity contribution in [3.8, 4) is 5.75 Å². The third-order valence-electron chi connectivity index (χ3n) is 3.53. The minimum atomic E-state index is -0.285. The van der Waals surface area contributed by atoms with Crippen LogP contribution in [0.4, 0.5) is 5.13 Å². The second-order valence-corrected chi connectivity index (χ2v) is 6.50. The van der Waals surface area contributed by atoms with Crippen molar-refractivity contribution in [2.45, 2.75) is 19.8 Å². The van der Waals surface area contributed by atoms with Crippen LogP contribution in [-0.2, 0) is 4.79 Å². The first kappa shape index (κ1) is 17.9. The van der Waals surface area contributed by atoms with E-state index in [2.05, 4.69) is 15.6 Å². The van der Waals surface area contributed by atoms with E-state index in [0.29, 0.717) is 31.1 Å². The van der Waals surface area contributed by atoms with Crippen molar-refractivity contribution >= 4 is 38.5 Å². The van der Waals surface area contributed by atoms with Gasteiger partial charge in [0.15, 0.2) is 10.9 Å². The van der Waals surface area contributed by atoms with Gasteiger partial charge in [-0.3, -0.25) is 9.59 Å². The number of benzene rings is 1. The zero-order valence-electron chi connectivity index (χ0n) is 14.3. The Kier molecular flexibility index (Phi) is 5.85. The molecule has 0 aliphatic carbocycles. The van der Waals surface area contributed by atoms with Crippen LogP contribution in [0.15, 0.2) is 41.0 Å². The monoisotopic (exact) mass is 373 g/mol. The SMILES string of the molecule is CCOc1ccc2nc(NC(=O)CCCNC(=O)c3ccco3)sc2c1. The number of fused-ring (bicyclic) bond motifs is 1. The summed E-state index contributed by atoms with van der Waals surface area (Å²) in [6, 6.07) is 8.88. The molecule has 2 aromatic heterocycles. The van der Waals surface area contributed by atoms with E-state index in [1.807, 2.05) is 25.1 Å². The topological polar surface area (TPSA) is 93.5 Å². The molecule has 0 radical (unpaired) electrons. The van der Waals surface area contributed by atoms with E-state index in [0.717, 1.165) is 16.0 Å². The maximum absolute atomic E-state index is 12.0. The number of aromatic nitrogens is 1. The molecule has 0 bridgehead atoms. The number of nitrogens with one attached hydrogen (secondary N) is 2. The van der Waals surface area contributed by atoms with Gasteiger partial charge in [-0.2, -0.15) is 0 Å². The number of furan rings is 1. The molecule has 7 nitrogen and oxygen atoms in total. The van der Waals surface area contributed by atoms with Crippen LogP contribution in [0.1, 0.15) is 30.3 Å². The number of amides is 2. The summed E-state index contributed by atoms with van der Waals surface area (Å²) in [5.74, 6) is 0.622. The van der Waals surface area contributed by atoms with Gasteiger partial charge < -0.3 is 19.8 Å². The van der Waals surface area contributed by atoms with Gasteiger partial charge in [-0.25, -0.2) is 4.98 Å². The number of thiazole rings is 1. The summed E-state index contributed by atoms with van der Waals surface area (Å²) in [7, 11) is 0. The van der Waals surface area contributed by atoms with E-state index in [9.17, 15) is 9.59 Å². The van der Waals surface area contributed by atoms with E-state index in [4.69, 9.17) is 9.15 Å². The highest BCUT2D eigenvalue weighted by Crippen LogP contribution is 2.29. The average Bonchev–Trinajstić information content (AvgIpc) is 3.27. The summed E-state index contributed by atoms with van der Waals surface area (Å²) in [6.45, 7) is 2.93. The van der Waals surface area contributed by atoms with Crippen LogP contribution in [0.3, 0.4) is 0 Å². The summed E-state index contributed by atoms with van der Waals surface area (Å²) >= 11 is 1.40. The lowest BCUT2D eigenvalue weighted by atomic mass is 10.3. The van der Waals surface area contributed by atoms with Crippen LogP contribution in [0.25, 0.3) is 10.2 Å². The summed E-state index contributed by atoms with van der Waals surface area (Å²) in [4.78, 5) is 28.1. The Labute approximate surface area is 154 Å². The molecule has 1 aromatic carbocycles. The molecule has 0 unspecified atom stereocenters. The van der Waals surface area contributed by atoms with E-state index < -0.39 is 0 Å². The molecule has 0 fully saturated rings. The standard InChI is InChI=1S/C18H19N3O4S/c1-2-24-12-7-8-13-15(11-12)26-18(20-13)21-16(22)6-3-9-19-17(23)14-5-4-10-25-14/h4-5,7-8,10-11H,2-3,6,9H2,1H3,(H,19,23)(H,20,21,22). The highest BCUT2D eigenvalue weighted by atomic mass is 32.1. The van der Waals surface area contributed by atoms with Gasteiger partial charge in [-0.15, -0.1) is 0 Å². The Morgan fingerprint density at radius 3 is 2.96 bits per heavy atom. The second-order valence-electron chi connectivity index (χ2n) is 5.47. The Morgan fingerprint density at radius 2 is 2.19 bits per heavy atom. The first-order chi connectivity index (χ1) is 12.7. The lowest BCUT2D eigenvalue weighted by Crippen LogP contribution is -2.25. The predicted octanol–water partition coefficient (Wildman–Crippen LogP) is 3.44. The summed E-state index contributed by atoms with van der Waals surface area (Å²) < 4.78 is 11.4. The van der Waals surface area contributed by atoms with Crippen LogP contribution >= 0.6 is 11.3 Å². The quantitative estimate of drug-likeness (QED) is 0.590. The molecule has 2 N–H and O–H groups in total. The zero-order chi connectivity index (χ0) is 18.4. The number of nitrogens with zero attached hydrogens (tertiary/aromatic N) is 1. The van der Waals surface area contributed by atoms with Crippen molar-refractivity contribution in [2.75, 3.05) is 18.5 Å². The Morgan fingerprint density at radius 1 is 1.31 bits per heavy atom. The van der Waals surface area contributed by atoms with Crippen molar-refractivity contribution < 1.29 is 18.7 Å². The summed E-state index contributed by atoms with van der Waals surface area (Å²) in [5, 5.41) is 6.05. The first-order valence-corrected chi connectivity index (χ1v) is 9.12. The minimum Gasteiger partial charge on any atom is -0.494 e. The second kappa shape index (κ2) is 8.48. The van der Waals surface area contributed by atoms with Gasteiger partial charge in [0.25, 0.3) is 5.91 Å². The van der Waals surface area contributed by atoms with E-state index in [1.54, 1.807) is 12.1 Å². The summed E-state index contributed by atoms with van der Waals surface area (Å²) in [5.41, 5.74) is 0.819. The minimum absolute atomic E-state index is 0.138. The van der Waals surface area contributed by atoms with E-state index in [-0.39, 0.29) is 17.6 Å². The highest BCUT2D eigenvalue weighted by molar-refractivity contribution is 7.22. The normalized spacial score (nSPS) is 10.7. The maximum Gasteiger partial charge on any atom is 0.286 e. The molecule has 8 heteroatoms. The van der Waals surface area contributed by atoms with Crippen LogP contribution in [0, 0.1) is 0 Å². The molecular formula is C18H19N3O4S. The van der Waals surface area contributed by atoms with Crippen LogP contribution in [0.5, 0.6) is 5.75 Å². The molecule has 0 atom stereocenters. The van der Waals surface area contributed by atoms with Gasteiger partial charge in [0.1, 0.15) is 5.75 Å². The Bertz CT molecular complexity index is 889. The molecule has 0 aliphatic heterocycles. The molecule has 2 amide bonds. The molecule has 0 saturated heterocycles. The number of carbonyl (C=O) groups excluding carboxylic acids is 2. The number of anilines is 1. The fraction of sp³-hybridized carbons (Fsp3) is 0.278. The predicted molar refractivity (Wildman–Crippen MR) is 99.7 cm³/mol. The van der Waals surface area contributed by atoms with Crippen LogP contribution in [-0.4, -0.2) is 29.9 Å². The van der Waals surface area contributed by atoms with E-state index in [1.165, 1.54) is 17.6 Å². The number of hydrogen-bond donors (Lipinski definition) is 2. The smallest absolute Gasteiger partial charge is 0.286 e. The van der Waals surface area contributed by atoms with Gasteiger partial charge in [0.05, 0.1) is 23.1 Å². The molecule has 3 aromatic rings. The summed E-state index contributed by atoms with van der Waals surface area (Å²) in [6.07, 6.45) is 2.26. The Balaban J connectivity index is 1.45. The van der Waals surface area contributed by atoms with Crippen molar-refractivity contribution in [3.63, 3.8) is 0 Å².